The summed E-state index contributed by atoms with van der Waals surface area (Å²) in [5.74, 6) is -0.0954. The Hall–Kier alpha value is -1.77. The van der Waals surface area contributed by atoms with E-state index in [4.69, 9.17) is 0 Å². The lowest BCUT2D eigenvalue weighted by Crippen LogP contribution is -2.24. The number of thiophene rings is 1. The minimum Gasteiger partial charge on any atom is -0.243 e. The molecule has 0 saturated carbocycles. The first kappa shape index (κ1) is 15.1. The van der Waals surface area contributed by atoms with Crippen LogP contribution in [0.2, 0.25) is 0 Å². The third kappa shape index (κ3) is 3.52. The van der Waals surface area contributed by atoms with Gasteiger partial charge in [0, 0.05) is 16.3 Å². The molecule has 0 bridgehead atoms. The zero-order valence-corrected chi connectivity index (χ0v) is 13.6. The Morgan fingerprint density at radius 3 is 2.68 bits per heavy atom. The maximum Gasteiger partial charge on any atom is 0.216 e. The fraction of sp³-hybridized carbons (Fsp3) is 0.286. The number of sulfonamides is 1. The molecule has 3 rings (SSSR count). The van der Waals surface area contributed by atoms with E-state index in [1.54, 1.807) is 29.5 Å². The van der Waals surface area contributed by atoms with E-state index in [0.717, 1.165) is 11.3 Å². The molecule has 0 atom stereocenters. The Balaban J connectivity index is 1.67. The lowest BCUT2D eigenvalue weighted by Gasteiger charge is -2.05. The molecule has 0 aliphatic carbocycles. The molecule has 8 heteroatoms. The van der Waals surface area contributed by atoms with Gasteiger partial charge in [-0.05, 0) is 46.6 Å². The molecule has 1 aromatic carbocycles. The van der Waals surface area contributed by atoms with E-state index in [0.29, 0.717) is 23.1 Å². The van der Waals surface area contributed by atoms with Gasteiger partial charge in [0.15, 0.2) is 0 Å². The van der Waals surface area contributed by atoms with Crippen LogP contribution in [0.1, 0.15) is 22.2 Å². The number of aryl methyl sites for hydroxylation is 1. The summed E-state index contributed by atoms with van der Waals surface area (Å²) in [5.41, 5.74) is 1.81. The summed E-state index contributed by atoms with van der Waals surface area (Å²) >= 11 is 1.63. The van der Waals surface area contributed by atoms with Crippen LogP contribution in [0, 0.1) is 0 Å². The number of fused-ring (bicyclic) bond motifs is 1. The van der Waals surface area contributed by atoms with Crippen molar-refractivity contribution >= 4 is 32.4 Å². The van der Waals surface area contributed by atoms with Gasteiger partial charge in [0.25, 0.3) is 0 Å². The number of benzene rings is 1. The Kier molecular flexibility index (Phi) is 4.23. The van der Waals surface area contributed by atoms with Crippen molar-refractivity contribution in [1.29, 1.82) is 0 Å². The standard InChI is InChI=1S/C14H15N3O3S2/c1-2-11-4-5-12(21-11)8-15-22(18,19)9-10-3-6-13-14(7-10)17-20-16-13/h3-7,15H,2,8-9H2,1H3. The Bertz CT molecular complexity index is 884. The van der Waals surface area contributed by atoms with E-state index in [9.17, 15) is 8.42 Å². The van der Waals surface area contributed by atoms with Crippen LogP contribution in [0.5, 0.6) is 0 Å². The summed E-state index contributed by atoms with van der Waals surface area (Å²) in [6.45, 7) is 2.40. The topological polar surface area (TPSA) is 85.1 Å². The average Bonchev–Trinajstić information content (AvgIpc) is 3.13. The molecule has 0 spiro atoms. The number of nitrogens with zero attached hydrogens (tertiary/aromatic N) is 2. The SMILES string of the molecule is CCc1ccc(CNS(=O)(=O)Cc2ccc3nonc3c2)s1. The molecular weight excluding hydrogens is 322 g/mol. The van der Waals surface area contributed by atoms with Crippen LogP contribution in [-0.2, 0) is 28.7 Å². The van der Waals surface area contributed by atoms with E-state index in [-0.39, 0.29) is 5.75 Å². The molecule has 3 aromatic rings. The van der Waals surface area contributed by atoms with Gasteiger partial charge in [-0.1, -0.05) is 13.0 Å². The Morgan fingerprint density at radius 1 is 1.14 bits per heavy atom. The minimum atomic E-state index is -3.40. The molecule has 0 radical (unpaired) electrons. The number of aromatic nitrogens is 2. The molecule has 2 heterocycles. The fourth-order valence-corrected chi connectivity index (χ4v) is 4.16. The van der Waals surface area contributed by atoms with Gasteiger partial charge < -0.3 is 0 Å². The normalized spacial score (nSPS) is 12.0. The van der Waals surface area contributed by atoms with Crippen molar-refractivity contribution < 1.29 is 13.0 Å². The lowest BCUT2D eigenvalue weighted by molar-refractivity contribution is 0.315. The highest BCUT2D eigenvalue weighted by atomic mass is 32.2. The maximum absolute atomic E-state index is 12.2. The van der Waals surface area contributed by atoms with Crippen molar-refractivity contribution in [3.05, 3.63) is 45.6 Å². The Labute approximate surface area is 132 Å². The molecule has 22 heavy (non-hydrogen) atoms. The molecular formula is C14H15N3O3S2. The lowest BCUT2D eigenvalue weighted by atomic mass is 10.2. The molecule has 0 fully saturated rings. The minimum absolute atomic E-state index is 0.0954. The van der Waals surface area contributed by atoms with Gasteiger partial charge in [-0.15, -0.1) is 11.3 Å². The first-order valence-corrected chi connectivity index (χ1v) is 9.29. The summed E-state index contributed by atoms with van der Waals surface area (Å²) in [7, 11) is -3.40. The quantitative estimate of drug-likeness (QED) is 0.747. The number of hydrogen-bond donors (Lipinski definition) is 1. The van der Waals surface area contributed by atoms with Gasteiger partial charge in [-0.2, -0.15) is 0 Å². The van der Waals surface area contributed by atoms with Crippen LogP contribution in [0.4, 0.5) is 0 Å². The summed E-state index contributed by atoms with van der Waals surface area (Å²) < 4.78 is 31.5. The maximum atomic E-state index is 12.2. The van der Waals surface area contributed by atoms with E-state index in [1.807, 2.05) is 12.1 Å². The Morgan fingerprint density at radius 2 is 1.91 bits per heavy atom. The predicted octanol–water partition coefficient (Wildman–Crippen LogP) is 2.47. The summed E-state index contributed by atoms with van der Waals surface area (Å²) in [4.78, 5) is 2.26. The average molecular weight is 337 g/mol. The molecule has 2 aromatic heterocycles. The third-order valence-corrected chi connectivity index (χ3v) is 5.73. The number of rotatable bonds is 6. The van der Waals surface area contributed by atoms with E-state index < -0.39 is 10.0 Å². The van der Waals surface area contributed by atoms with Crippen LogP contribution in [-0.4, -0.2) is 18.7 Å². The first-order chi connectivity index (χ1) is 10.6. The second-order valence-corrected chi connectivity index (χ2v) is 7.95. The van der Waals surface area contributed by atoms with Crippen molar-refractivity contribution in [3.8, 4) is 0 Å². The van der Waals surface area contributed by atoms with Crippen molar-refractivity contribution in [2.24, 2.45) is 0 Å². The summed E-state index contributed by atoms with van der Waals surface area (Å²) in [6, 6.07) is 9.07. The zero-order valence-electron chi connectivity index (χ0n) is 11.9. The molecule has 0 unspecified atom stereocenters. The van der Waals surface area contributed by atoms with Gasteiger partial charge in [0.1, 0.15) is 11.0 Å². The molecule has 0 saturated heterocycles. The highest BCUT2D eigenvalue weighted by molar-refractivity contribution is 7.88. The van der Waals surface area contributed by atoms with Crippen molar-refractivity contribution in [3.63, 3.8) is 0 Å². The van der Waals surface area contributed by atoms with Crippen LogP contribution < -0.4 is 4.72 Å². The molecule has 0 aliphatic heterocycles. The number of nitrogens with one attached hydrogen (secondary N) is 1. The van der Waals surface area contributed by atoms with Gasteiger partial charge in [-0.25, -0.2) is 17.8 Å². The van der Waals surface area contributed by atoms with Crippen LogP contribution in [0.25, 0.3) is 11.0 Å². The van der Waals surface area contributed by atoms with Gasteiger partial charge in [0.2, 0.25) is 10.0 Å². The van der Waals surface area contributed by atoms with Gasteiger partial charge in [-0.3, -0.25) is 0 Å². The molecule has 0 aliphatic rings. The highest BCUT2D eigenvalue weighted by Gasteiger charge is 2.13. The van der Waals surface area contributed by atoms with Crippen molar-refractivity contribution in [2.45, 2.75) is 25.6 Å². The van der Waals surface area contributed by atoms with E-state index in [2.05, 4.69) is 26.6 Å². The third-order valence-electron chi connectivity index (χ3n) is 3.21. The van der Waals surface area contributed by atoms with Crippen LogP contribution in [0.3, 0.4) is 0 Å². The molecule has 116 valence electrons. The van der Waals surface area contributed by atoms with E-state index >= 15 is 0 Å². The fourth-order valence-electron chi connectivity index (χ4n) is 2.08. The summed E-state index contributed by atoms with van der Waals surface area (Å²) in [5, 5.41) is 7.41. The van der Waals surface area contributed by atoms with Gasteiger partial charge >= 0.3 is 0 Å². The van der Waals surface area contributed by atoms with Crippen molar-refractivity contribution in [1.82, 2.24) is 15.0 Å². The predicted molar refractivity (Wildman–Crippen MR) is 85.0 cm³/mol. The monoisotopic (exact) mass is 337 g/mol. The first-order valence-electron chi connectivity index (χ1n) is 6.82. The largest absolute Gasteiger partial charge is 0.243 e. The highest BCUT2D eigenvalue weighted by Crippen LogP contribution is 2.18. The number of hydrogen-bond acceptors (Lipinski definition) is 6. The summed E-state index contributed by atoms with van der Waals surface area (Å²) in [6.07, 6.45) is 0.961. The van der Waals surface area contributed by atoms with Crippen LogP contribution in [0.15, 0.2) is 35.0 Å². The smallest absolute Gasteiger partial charge is 0.216 e. The van der Waals surface area contributed by atoms with E-state index in [1.165, 1.54) is 4.88 Å². The van der Waals surface area contributed by atoms with Gasteiger partial charge in [0.05, 0.1) is 5.75 Å². The van der Waals surface area contributed by atoms with Crippen LogP contribution >= 0.6 is 11.3 Å². The molecule has 0 amide bonds. The second-order valence-electron chi connectivity index (χ2n) is 4.89. The molecule has 1 N–H and O–H groups in total. The zero-order chi connectivity index (χ0) is 15.6. The second kappa shape index (κ2) is 6.15. The van der Waals surface area contributed by atoms with Crippen molar-refractivity contribution in [2.75, 3.05) is 0 Å². The molecule has 6 nitrogen and oxygen atoms in total.